The molecule has 3 aromatic rings. The summed E-state index contributed by atoms with van der Waals surface area (Å²) in [4.78, 5) is 13.9. The Morgan fingerprint density at radius 2 is 1.90 bits per heavy atom. The first-order valence-electron chi connectivity index (χ1n) is 8.91. The highest BCUT2D eigenvalue weighted by Crippen LogP contribution is 2.28. The second-order valence-corrected chi connectivity index (χ2v) is 8.55. The molecular formula is C18H17F2N5O4S. The fraction of sp³-hybridized carbons (Fsp3) is 0.278. The van der Waals surface area contributed by atoms with E-state index in [1.807, 2.05) is 6.07 Å². The van der Waals surface area contributed by atoms with Gasteiger partial charge in [0.05, 0.1) is 37.2 Å². The summed E-state index contributed by atoms with van der Waals surface area (Å²) in [5, 5.41) is 17.1. The van der Waals surface area contributed by atoms with Crippen molar-refractivity contribution in [2.45, 2.75) is 30.5 Å². The van der Waals surface area contributed by atoms with E-state index in [4.69, 9.17) is 0 Å². The zero-order chi connectivity index (χ0) is 21.5. The first-order chi connectivity index (χ1) is 14.3. The molecule has 2 aromatic heterocycles. The van der Waals surface area contributed by atoms with Crippen molar-refractivity contribution >= 4 is 15.9 Å². The number of nitrogens with zero attached hydrogens (tertiary/aromatic N) is 5. The Morgan fingerprint density at radius 3 is 2.50 bits per heavy atom. The molecule has 12 heteroatoms. The topological polar surface area (TPSA) is 110 Å². The Morgan fingerprint density at radius 1 is 1.17 bits per heavy atom. The van der Waals surface area contributed by atoms with Gasteiger partial charge in [0.25, 0.3) is 10.0 Å². The van der Waals surface area contributed by atoms with Gasteiger partial charge >= 0.3 is 6.55 Å². The van der Waals surface area contributed by atoms with Crippen LogP contribution in [0.15, 0.2) is 53.8 Å². The van der Waals surface area contributed by atoms with Crippen molar-refractivity contribution in [2.24, 2.45) is 0 Å². The predicted octanol–water partition coefficient (Wildman–Crippen LogP) is 1.33. The van der Waals surface area contributed by atoms with Gasteiger partial charge in [0, 0.05) is 18.3 Å². The molecule has 0 saturated carbocycles. The Bertz CT molecular complexity index is 1150. The van der Waals surface area contributed by atoms with E-state index < -0.39 is 27.4 Å². The molecule has 0 radical (unpaired) electrons. The quantitative estimate of drug-likeness (QED) is 0.623. The van der Waals surface area contributed by atoms with E-state index >= 15 is 0 Å². The van der Waals surface area contributed by atoms with Gasteiger partial charge in [-0.3, -0.25) is 4.79 Å². The average Bonchev–Trinajstić information content (AvgIpc) is 3.44. The van der Waals surface area contributed by atoms with Crippen molar-refractivity contribution in [3.8, 4) is 0 Å². The third-order valence-electron chi connectivity index (χ3n) is 4.87. The van der Waals surface area contributed by atoms with Gasteiger partial charge in [-0.15, -0.1) is 0 Å². The van der Waals surface area contributed by atoms with Gasteiger partial charge in [-0.25, -0.2) is 4.68 Å². The van der Waals surface area contributed by atoms with Crippen molar-refractivity contribution < 1.29 is 27.1 Å². The smallest absolute Gasteiger partial charge is 0.333 e. The lowest BCUT2D eigenvalue weighted by Crippen LogP contribution is -2.33. The van der Waals surface area contributed by atoms with Crippen molar-refractivity contribution in [2.75, 3.05) is 6.61 Å². The summed E-state index contributed by atoms with van der Waals surface area (Å²) in [7, 11) is -4.19. The molecule has 1 aliphatic rings. The molecule has 0 aliphatic carbocycles. The van der Waals surface area contributed by atoms with Crippen LogP contribution in [0.5, 0.6) is 0 Å². The molecular weight excluding hydrogens is 420 g/mol. The third-order valence-corrected chi connectivity index (χ3v) is 6.36. The van der Waals surface area contributed by atoms with Crippen LogP contribution in [0.4, 0.5) is 8.78 Å². The molecule has 1 amide bonds. The fourth-order valence-electron chi connectivity index (χ4n) is 3.31. The monoisotopic (exact) mass is 437 g/mol. The summed E-state index contributed by atoms with van der Waals surface area (Å²) in [6, 6.07) is 8.86. The minimum absolute atomic E-state index is 0.0797. The lowest BCUT2D eigenvalue weighted by atomic mass is 9.98. The molecule has 30 heavy (non-hydrogen) atoms. The van der Waals surface area contributed by atoms with Crippen LogP contribution in [0.1, 0.15) is 29.3 Å². The molecule has 0 saturated heterocycles. The summed E-state index contributed by atoms with van der Waals surface area (Å²) < 4.78 is 51.5. The molecule has 4 rings (SSSR count). The maximum atomic E-state index is 12.8. The molecule has 0 bridgehead atoms. The molecule has 3 heterocycles. The van der Waals surface area contributed by atoms with Crippen molar-refractivity contribution in [1.29, 1.82) is 0 Å². The molecule has 1 aliphatic heterocycles. The van der Waals surface area contributed by atoms with Crippen LogP contribution >= 0.6 is 0 Å². The minimum atomic E-state index is -4.19. The highest BCUT2D eigenvalue weighted by atomic mass is 32.2. The number of benzene rings is 1. The number of aliphatic hydroxyl groups excluding tert-OH is 1. The molecule has 0 spiro atoms. The van der Waals surface area contributed by atoms with E-state index in [9.17, 15) is 27.1 Å². The number of hydrogen-bond acceptors (Lipinski definition) is 6. The number of fused-ring (bicyclic) bond motifs is 1. The van der Waals surface area contributed by atoms with Gasteiger partial charge in [-0.05, 0) is 5.56 Å². The van der Waals surface area contributed by atoms with Crippen molar-refractivity contribution in [1.82, 2.24) is 23.9 Å². The number of aromatic nitrogens is 4. The first-order valence-corrected chi connectivity index (χ1v) is 10.3. The second-order valence-electron chi connectivity index (χ2n) is 6.75. The number of alkyl halides is 2. The Hall–Kier alpha value is -3.12. The van der Waals surface area contributed by atoms with E-state index in [1.165, 1.54) is 11.1 Å². The number of carbonyl (C=O) groups is 1. The maximum Gasteiger partial charge on any atom is 0.333 e. The van der Waals surface area contributed by atoms with Crippen LogP contribution < -0.4 is 0 Å². The molecule has 0 unspecified atom stereocenters. The molecule has 1 aromatic carbocycles. The number of amides is 1. The number of aliphatic hydroxyl groups is 1. The van der Waals surface area contributed by atoms with E-state index in [-0.39, 0.29) is 30.3 Å². The number of halogens is 2. The highest BCUT2D eigenvalue weighted by molar-refractivity contribution is 7.89. The van der Waals surface area contributed by atoms with Crippen LogP contribution in [0.25, 0.3) is 0 Å². The Labute approximate surface area is 170 Å². The zero-order valence-corrected chi connectivity index (χ0v) is 16.3. The van der Waals surface area contributed by atoms with Gasteiger partial charge in [0.15, 0.2) is 0 Å². The maximum absolute atomic E-state index is 12.8. The van der Waals surface area contributed by atoms with Crippen molar-refractivity contribution in [3.05, 3.63) is 65.7 Å². The Kier molecular flexibility index (Phi) is 5.12. The van der Waals surface area contributed by atoms with Crippen LogP contribution in [-0.2, 0) is 27.9 Å². The molecule has 9 nitrogen and oxygen atoms in total. The Balaban J connectivity index is 1.53. The normalized spacial score (nSPS) is 14.9. The lowest BCUT2D eigenvalue weighted by molar-refractivity contribution is -0.134. The largest absolute Gasteiger partial charge is 0.395 e. The summed E-state index contributed by atoms with van der Waals surface area (Å²) in [6.07, 6.45) is 2.82. The lowest BCUT2D eigenvalue weighted by Gasteiger charge is -2.22. The second kappa shape index (κ2) is 7.61. The predicted molar refractivity (Wildman–Crippen MR) is 98.8 cm³/mol. The van der Waals surface area contributed by atoms with Crippen molar-refractivity contribution in [3.63, 3.8) is 0 Å². The molecule has 158 valence electrons. The summed E-state index contributed by atoms with van der Waals surface area (Å²) in [6.45, 7) is -3.11. The van der Waals surface area contributed by atoms with Gasteiger partial charge in [-0.1, -0.05) is 30.3 Å². The molecule has 0 fully saturated rings. The number of carbonyl (C=O) groups excluding carboxylic acids is 1. The standard InChI is InChI=1S/C18H17F2N5O4S/c19-18(20)24-9-14(6-21-24)30(28,29)25-8-13-7-23(10-16(13)22-25)17(27)15(11-26)12-4-2-1-3-5-12/h1-6,8-9,15,18,26H,7,10-11H2/t15-/m1/s1. The van der Waals surface area contributed by atoms with Crippen LogP contribution in [-0.4, -0.2) is 49.9 Å². The SMILES string of the molecule is O=C([C@H](CO)c1ccccc1)N1Cc2cn(S(=O)(=O)c3cnn(C(F)F)c3)nc2C1. The van der Waals surface area contributed by atoms with Gasteiger partial charge < -0.3 is 10.0 Å². The zero-order valence-electron chi connectivity index (χ0n) is 15.5. The number of rotatable bonds is 6. The van der Waals surface area contributed by atoms with E-state index in [1.54, 1.807) is 24.3 Å². The minimum Gasteiger partial charge on any atom is -0.395 e. The highest BCUT2D eigenvalue weighted by Gasteiger charge is 2.33. The average molecular weight is 437 g/mol. The summed E-state index contributed by atoms with van der Waals surface area (Å²) in [5.74, 6) is -1.03. The summed E-state index contributed by atoms with van der Waals surface area (Å²) in [5.41, 5.74) is 1.59. The van der Waals surface area contributed by atoms with E-state index in [0.717, 1.165) is 12.4 Å². The molecule has 1 atom stereocenters. The summed E-state index contributed by atoms with van der Waals surface area (Å²) >= 11 is 0. The van der Waals surface area contributed by atoms with Gasteiger partial charge in [-0.2, -0.15) is 31.5 Å². The van der Waals surface area contributed by atoms with Crippen LogP contribution in [0, 0.1) is 0 Å². The molecule has 1 N–H and O–H groups in total. The van der Waals surface area contributed by atoms with Crippen LogP contribution in [0.3, 0.4) is 0 Å². The number of hydrogen-bond donors (Lipinski definition) is 1. The fourth-order valence-corrected chi connectivity index (χ4v) is 4.42. The first kappa shape index (κ1) is 20.2. The van der Waals surface area contributed by atoms with Gasteiger partial charge in [0.1, 0.15) is 4.90 Å². The van der Waals surface area contributed by atoms with Crippen LogP contribution in [0.2, 0.25) is 0 Å². The third kappa shape index (κ3) is 3.48. The van der Waals surface area contributed by atoms with Gasteiger partial charge in [0.2, 0.25) is 5.91 Å². The van der Waals surface area contributed by atoms with E-state index in [0.29, 0.717) is 20.9 Å². The van der Waals surface area contributed by atoms with E-state index in [2.05, 4.69) is 10.2 Å².